The maximum atomic E-state index is 12.7. The van der Waals surface area contributed by atoms with Crippen LogP contribution in [0.25, 0.3) is 0 Å². The summed E-state index contributed by atoms with van der Waals surface area (Å²) in [7, 11) is 0. The van der Waals surface area contributed by atoms with Crippen LogP contribution in [-0.4, -0.2) is 42.9 Å². The van der Waals surface area contributed by atoms with Crippen LogP contribution >= 0.6 is 11.3 Å². The number of rotatable bonds is 10. The summed E-state index contributed by atoms with van der Waals surface area (Å²) in [5.74, 6) is 0.875. The number of thiophene rings is 1. The van der Waals surface area contributed by atoms with E-state index in [1.54, 1.807) is 0 Å². The molecule has 0 bridgehead atoms. The zero-order chi connectivity index (χ0) is 21.3. The summed E-state index contributed by atoms with van der Waals surface area (Å²) < 4.78 is 5.28. The number of ether oxygens (including phenoxy) is 1. The number of nitrogens with zero attached hydrogens (tertiary/aromatic N) is 1. The van der Waals surface area contributed by atoms with Gasteiger partial charge in [0, 0.05) is 25.9 Å². The highest BCUT2D eigenvalue weighted by Crippen LogP contribution is 2.22. The second kappa shape index (κ2) is 11.4. The maximum absolute atomic E-state index is 12.7. The van der Waals surface area contributed by atoms with E-state index in [9.17, 15) is 9.59 Å². The summed E-state index contributed by atoms with van der Waals surface area (Å²) in [5, 5.41) is 2.01. The van der Waals surface area contributed by atoms with Gasteiger partial charge in [0.25, 0.3) is 0 Å². The van der Waals surface area contributed by atoms with E-state index in [2.05, 4.69) is 44.2 Å². The van der Waals surface area contributed by atoms with Gasteiger partial charge in [0.15, 0.2) is 5.78 Å². The Hall–Kier alpha value is -1.98. The third kappa shape index (κ3) is 6.51. The van der Waals surface area contributed by atoms with E-state index in [1.807, 2.05) is 10.3 Å². The molecule has 1 saturated heterocycles. The number of morpholine rings is 1. The molecule has 1 amide bonds. The number of amides is 1. The molecule has 0 atom stereocenters. The largest absolute Gasteiger partial charge is 0.378 e. The van der Waals surface area contributed by atoms with E-state index in [1.165, 1.54) is 22.5 Å². The first-order chi connectivity index (χ1) is 14.5. The van der Waals surface area contributed by atoms with Crippen molar-refractivity contribution in [1.82, 2.24) is 4.90 Å². The Balaban J connectivity index is 1.42. The number of ketones is 1. The summed E-state index contributed by atoms with van der Waals surface area (Å²) in [6.45, 7) is 6.99. The number of aryl methyl sites for hydroxylation is 2. The Bertz CT molecular complexity index is 819. The summed E-state index contributed by atoms with van der Waals surface area (Å²) in [6.07, 6.45) is 4.49. The molecule has 1 aliphatic heterocycles. The Labute approximate surface area is 184 Å². The van der Waals surface area contributed by atoms with Crippen molar-refractivity contribution in [3.8, 4) is 0 Å². The smallest absolute Gasteiger partial charge is 0.222 e. The quantitative estimate of drug-likeness (QED) is 0.486. The summed E-state index contributed by atoms with van der Waals surface area (Å²) in [4.78, 5) is 27.6. The van der Waals surface area contributed by atoms with Crippen molar-refractivity contribution in [2.75, 3.05) is 26.3 Å². The van der Waals surface area contributed by atoms with Crippen LogP contribution in [0.5, 0.6) is 0 Å². The van der Waals surface area contributed by atoms with Gasteiger partial charge < -0.3 is 9.64 Å². The van der Waals surface area contributed by atoms with Gasteiger partial charge in [0.1, 0.15) is 0 Å². The van der Waals surface area contributed by atoms with Gasteiger partial charge in [0.2, 0.25) is 5.91 Å². The number of Topliss-reactive ketones (excluding diaryl/α,β-unsaturated/α-hetero) is 1. The molecule has 162 valence electrons. The van der Waals surface area contributed by atoms with Crippen LogP contribution in [0, 0.1) is 0 Å². The lowest BCUT2D eigenvalue weighted by Gasteiger charge is -2.26. The van der Waals surface area contributed by atoms with Crippen LogP contribution < -0.4 is 0 Å². The van der Waals surface area contributed by atoms with Gasteiger partial charge in [-0.25, -0.2) is 0 Å². The molecule has 3 rings (SSSR count). The second-order valence-electron chi connectivity index (χ2n) is 8.29. The van der Waals surface area contributed by atoms with Crippen molar-refractivity contribution >= 4 is 23.0 Å². The lowest BCUT2D eigenvalue weighted by Crippen LogP contribution is -2.40. The zero-order valence-corrected chi connectivity index (χ0v) is 19.0. The minimum atomic E-state index is 0.140. The molecule has 1 aromatic carbocycles. The molecule has 0 radical (unpaired) electrons. The van der Waals surface area contributed by atoms with Crippen molar-refractivity contribution in [3.05, 3.63) is 57.3 Å². The Morgan fingerprint density at radius 1 is 1.00 bits per heavy atom. The average Bonchev–Trinajstić information content (AvgIpc) is 3.23. The maximum Gasteiger partial charge on any atom is 0.222 e. The van der Waals surface area contributed by atoms with E-state index in [0.717, 1.165) is 29.7 Å². The van der Waals surface area contributed by atoms with Gasteiger partial charge in [-0.15, -0.1) is 11.3 Å². The van der Waals surface area contributed by atoms with Gasteiger partial charge in [-0.3, -0.25) is 9.59 Å². The van der Waals surface area contributed by atoms with Gasteiger partial charge >= 0.3 is 0 Å². The molecule has 0 saturated carbocycles. The van der Waals surface area contributed by atoms with Crippen LogP contribution in [0.15, 0.2) is 35.7 Å². The lowest BCUT2D eigenvalue weighted by molar-refractivity contribution is -0.135. The summed E-state index contributed by atoms with van der Waals surface area (Å²) >= 11 is 1.53. The van der Waals surface area contributed by atoms with E-state index < -0.39 is 0 Å². The molecule has 1 aliphatic rings. The van der Waals surface area contributed by atoms with Gasteiger partial charge in [-0.2, -0.15) is 0 Å². The fraction of sp³-hybridized carbons (Fsp3) is 0.520. The van der Waals surface area contributed by atoms with Gasteiger partial charge in [-0.1, -0.05) is 38.1 Å². The van der Waals surface area contributed by atoms with Gasteiger partial charge in [0.05, 0.1) is 18.1 Å². The Morgan fingerprint density at radius 2 is 1.73 bits per heavy atom. The van der Waals surface area contributed by atoms with Crippen LogP contribution in [0.2, 0.25) is 0 Å². The van der Waals surface area contributed by atoms with Crippen LogP contribution in [0.1, 0.15) is 71.8 Å². The molecular formula is C25H33NO3S. The highest BCUT2D eigenvalue weighted by molar-refractivity contribution is 7.12. The first-order valence-corrected chi connectivity index (χ1v) is 12.0. The molecule has 2 heterocycles. The number of carbonyl (C=O) groups is 2. The molecule has 2 aromatic rings. The fourth-order valence-corrected chi connectivity index (χ4v) is 4.74. The average molecular weight is 428 g/mol. The normalized spacial score (nSPS) is 14.3. The van der Waals surface area contributed by atoms with E-state index in [0.29, 0.717) is 51.5 Å². The van der Waals surface area contributed by atoms with Crippen LogP contribution in [0.3, 0.4) is 0 Å². The predicted molar refractivity (Wildman–Crippen MR) is 122 cm³/mol. The first-order valence-electron chi connectivity index (χ1n) is 11.1. The van der Waals surface area contributed by atoms with Crippen molar-refractivity contribution in [1.29, 1.82) is 0 Å². The molecule has 1 aromatic heterocycles. The van der Waals surface area contributed by atoms with Crippen molar-refractivity contribution in [3.63, 3.8) is 0 Å². The van der Waals surface area contributed by atoms with Crippen molar-refractivity contribution in [2.45, 2.75) is 58.3 Å². The lowest BCUT2D eigenvalue weighted by atomic mass is 9.98. The second-order valence-corrected chi connectivity index (χ2v) is 9.21. The monoisotopic (exact) mass is 427 g/mol. The highest BCUT2D eigenvalue weighted by atomic mass is 32.1. The number of hydrogen-bond acceptors (Lipinski definition) is 4. The van der Waals surface area contributed by atoms with Crippen molar-refractivity contribution in [2.24, 2.45) is 0 Å². The molecular weight excluding hydrogens is 394 g/mol. The molecule has 0 N–H and O–H groups in total. The van der Waals surface area contributed by atoms with Crippen LogP contribution in [-0.2, 0) is 22.4 Å². The van der Waals surface area contributed by atoms with E-state index in [-0.39, 0.29) is 11.7 Å². The third-order valence-corrected chi connectivity index (χ3v) is 6.71. The third-order valence-electron chi connectivity index (χ3n) is 5.72. The highest BCUT2D eigenvalue weighted by Gasteiger charge is 2.18. The van der Waals surface area contributed by atoms with E-state index in [4.69, 9.17) is 4.74 Å². The fourth-order valence-electron chi connectivity index (χ4n) is 3.81. The molecule has 0 unspecified atom stereocenters. The molecule has 30 heavy (non-hydrogen) atoms. The molecule has 4 nitrogen and oxygen atoms in total. The SMILES string of the molecule is CC(C)c1ccc(CCCc2ccsc2C(=O)CCCC(=O)N2CCOCC2)cc1. The van der Waals surface area contributed by atoms with Gasteiger partial charge in [-0.05, 0) is 59.7 Å². The number of benzene rings is 1. The molecule has 1 fully saturated rings. The number of carbonyl (C=O) groups excluding carboxylic acids is 2. The zero-order valence-electron chi connectivity index (χ0n) is 18.2. The first kappa shape index (κ1) is 22.7. The molecule has 5 heteroatoms. The topological polar surface area (TPSA) is 46.6 Å². The molecule has 0 spiro atoms. The minimum absolute atomic E-state index is 0.140. The van der Waals surface area contributed by atoms with Crippen LogP contribution in [0.4, 0.5) is 0 Å². The summed E-state index contributed by atoms with van der Waals surface area (Å²) in [6, 6.07) is 11.0. The Kier molecular flexibility index (Phi) is 8.64. The summed E-state index contributed by atoms with van der Waals surface area (Å²) in [5.41, 5.74) is 3.88. The predicted octanol–water partition coefficient (Wildman–Crippen LogP) is 5.26. The standard InChI is InChI=1S/C25H33NO3S/c1-19(2)21-11-9-20(10-12-21)5-3-6-22-13-18-30-25(22)23(27)7-4-8-24(28)26-14-16-29-17-15-26/h9-13,18-19H,3-8,14-17H2,1-2H3. The Morgan fingerprint density at radius 3 is 2.43 bits per heavy atom. The minimum Gasteiger partial charge on any atom is -0.378 e. The molecule has 0 aliphatic carbocycles. The van der Waals surface area contributed by atoms with E-state index >= 15 is 0 Å². The van der Waals surface area contributed by atoms with Crippen molar-refractivity contribution < 1.29 is 14.3 Å². The number of hydrogen-bond donors (Lipinski definition) is 0.